The molecule has 12 rings (SSSR count). The van der Waals surface area contributed by atoms with E-state index in [-0.39, 0.29) is 24.2 Å². The Kier molecular flexibility index (Phi) is 7.11. The summed E-state index contributed by atoms with van der Waals surface area (Å²) in [5.41, 5.74) is 13.4. The van der Waals surface area contributed by atoms with Gasteiger partial charge in [-0.2, -0.15) is 0 Å². The summed E-state index contributed by atoms with van der Waals surface area (Å²) in [4.78, 5) is 10.6. The van der Waals surface area contributed by atoms with Crippen molar-refractivity contribution in [2.75, 3.05) is 0 Å². The van der Waals surface area contributed by atoms with Crippen molar-refractivity contribution in [3.05, 3.63) is 216 Å². The fraction of sp³-hybridized carbons (Fsp3) is 0.0769. The predicted octanol–water partition coefficient (Wildman–Crippen LogP) is 11.7. The topological polar surface area (TPSA) is 48.1 Å². The van der Waals surface area contributed by atoms with Crippen LogP contribution in [0.5, 0.6) is 11.5 Å². The molecule has 0 saturated carbocycles. The Hall–Kier alpha value is -7.24. The Morgan fingerprint density at radius 3 is 2.00 bits per heavy atom. The summed E-state index contributed by atoms with van der Waals surface area (Å²) < 4.78 is 15.6. The number of amidine groups is 1. The predicted molar refractivity (Wildman–Crippen MR) is 230 cm³/mol. The third-order valence-electron chi connectivity index (χ3n) is 11.9. The van der Waals surface area contributed by atoms with Crippen LogP contribution in [0.4, 0.5) is 0 Å². The molecule has 5 nitrogen and oxygen atoms in total. The zero-order valence-corrected chi connectivity index (χ0v) is 30.9. The van der Waals surface area contributed by atoms with Crippen molar-refractivity contribution in [2.45, 2.75) is 24.2 Å². The largest absolute Gasteiger partial charge is 0.485 e. The number of benzene rings is 7. The molecule has 5 heteroatoms. The van der Waals surface area contributed by atoms with Crippen LogP contribution in [-0.2, 0) is 0 Å². The fourth-order valence-electron chi connectivity index (χ4n) is 9.16. The standard InChI is InChI=1S/C52H35N3O2/c1-4-12-32(13-5-1)34-21-26-48-43(30-34)50-51(57-48)49(33-14-6-2-7-15-33)53-52(54-50)37-23-27-47-42(31-37)41-29-36(22-25-46(41)56-47)35-20-24-45-40(28-35)39-18-10-11-19-44(39)55(45)38-16-8-3-9-17-38/h1-31,41,46,50-51H. The molecule has 4 unspecified atom stereocenters. The third-order valence-corrected chi connectivity index (χ3v) is 11.9. The molecule has 3 aliphatic heterocycles. The van der Waals surface area contributed by atoms with E-state index < -0.39 is 0 Å². The number of aromatic nitrogens is 1. The number of ether oxygens (including phenoxy) is 2. The molecule has 0 amide bonds. The van der Waals surface area contributed by atoms with E-state index in [1.807, 2.05) is 12.1 Å². The average Bonchev–Trinajstić information content (AvgIpc) is 3.95. The molecule has 4 atom stereocenters. The van der Waals surface area contributed by atoms with Crippen LogP contribution >= 0.6 is 0 Å². The Morgan fingerprint density at radius 2 is 1.18 bits per heavy atom. The number of para-hydroxylation sites is 2. The van der Waals surface area contributed by atoms with Crippen LogP contribution in [0.15, 0.2) is 198 Å². The molecule has 0 bridgehead atoms. The minimum atomic E-state index is -0.313. The molecule has 0 saturated heterocycles. The molecule has 0 N–H and O–H groups in total. The van der Waals surface area contributed by atoms with Crippen LogP contribution in [0.2, 0.25) is 0 Å². The molecule has 57 heavy (non-hydrogen) atoms. The Bertz CT molecular complexity index is 3030. The molecule has 1 aliphatic carbocycles. The summed E-state index contributed by atoms with van der Waals surface area (Å²) in [6.45, 7) is 0. The molecule has 4 aliphatic rings. The zero-order chi connectivity index (χ0) is 37.5. The molecule has 8 aromatic rings. The first-order valence-corrected chi connectivity index (χ1v) is 19.6. The second kappa shape index (κ2) is 12.7. The van der Waals surface area contributed by atoms with Gasteiger partial charge in [0.2, 0.25) is 0 Å². The van der Waals surface area contributed by atoms with Gasteiger partial charge in [0.05, 0.1) is 16.7 Å². The summed E-state index contributed by atoms with van der Waals surface area (Å²) in [6.07, 6.45) is 6.42. The van der Waals surface area contributed by atoms with Gasteiger partial charge < -0.3 is 14.0 Å². The zero-order valence-electron chi connectivity index (χ0n) is 30.9. The summed E-state index contributed by atoms with van der Waals surface area (Å²) in [7, 11) is 0. The first-order chi connectivity index (χ1) is 28.2. The highest BCUT2D eigenvalue weighted by molar-refractivity contribution is 6.16. The van der Waals surface area contributed by atoms with Gasteiger partial charge in [0, 0.05) is 39.1 Å². The molecule has 4 heterocycles. The van der Waals surface area contributed by atoms with E-state index in [9.17, 15) is 0 Å². The van der Waals surface area contributed by atoms with Crippen LogP contribution in [0.3, 0.4) is 0 Å². The lowest BCUT2D eigenvalue weighted by Crippen LogP contribution is -2.33. The molecule has 270 valence electrons. The number of nitrogens with zero attached hydrogens (tertiary/aromatic N) is 3. The molecule has 1 aromatic heterocycles. The highest BCUT2D eigenvalue weighted by Gasteiger charge is 2.42. The van der Waals surface area contributed by atoms with Gasteiger partial charge in [-0.05, 0) is 94.6 Å². The number of aliphatic imine (C=N–C) groups is 2. The average molecular weight is 734 g/mol. The SMILES string of the molecule is C1=CC2Oc3ccc(C4=NC5c6cc(-c7ccccc7)ccc6OC5C(c5ccccc5)=N4)cc3C2C=C1c1ccc2c(c1)c1ccccc1n2-c1ccccc1. The molecular weight excluding hydrogens is 699 g/mol. The fourth-order valence-corrected chi connectivity index (χ4v) is 9.16. The maximum absolute atomic E-state index is 6.65. The van der Waals surface area contributed by atoms with Crippen LogP contribution in [-0.4, -0.2) is 28.3 Å². The summed E-state index contributed by atoms with van der Waals surface area (Å²) >= 11 is 0. The number of hydrogen-bond acceptors (Lipinski definition) is 4. The van der Waals surface area contributed by atoms with Crippen LogP contribution < -0.4 is 9.47 Å². The van der Waals surface area contributed by atoms with Crippen molar-refractivity contribution in [3.63, 3.8) is 0 Å². The maximum Gasteiger partial charge on any atom is 0.168 e. The lowest BCUT2D eigenvalue weighted by molar-refractivity contribution is 0.269. The Balaban J connectivity index is 0.933. The van der Waals surface area contributed by atoms with E-state index in [4.69, 9.17) is 19.5 Å². The number of hydrogen-bond donors (Lipinski definition) is 0. The van der Waals surface area contributed by atoms with Crippen molar-refractivity contribution in [1.82, 2.24) is 4.57 Å². The van der Waals surface area contributed by atoms with Gasteiger partial charge >= 0.3 is 0 Å². The minimum Gasteiger partial charge on any atom is -0.485 e. The summed E-state index contributed by atoms with van der Waals surface area (Å²) in [5, 5.41) is 2.48. The van der Waals surface area contributed by atoms with Crippen molar-refractivity contribution < 1.29 is 9.47 Å². The Labute approximate surface area is 330 Å². The van der Waals surface area contributed by atoms with Crippen LogP contribution in [0, 0.1) is 0 Å². The first-order valence-electron chi connectivity index (χ1n) is 19.6. The second-order valence-electron chi connectivity index (χ2n) is 15.2. The van der Waals surface area contributed by atoms with Gasteiger partial charge in [-0.1, -0.05) is 121 Å². The molecule has 0 fully saturated rings. The van der Waals surface area contributed by atoms with Gasteiger partial charge in [-0.15, -0.1) is 0 Å². The highest BCUT2D eigenvalue weighted by Crippen LogP contribution is 2.47. The normalized spacial score (nSPS) is 20.1. The van der Waals surface area contributed by atoms with Crippen molar-refractivity contribution >= 4 is 38.9 Å². The summed E-state index contributed by atoms with van der Waals surface area (Å²) in [6, 6.07) is 59.7. The monoisotopic (exact) mass is 733 g/mol. The van der Waals surface area contributed by atoms with Gasteiger partial charge in [0.1, 0.15) is 23.6 Å². The maximum atomic E-state index is 6.65. The van der Waals surface area contributed by atoms with Crippen molar-refractivity contribution in [2.24, 2.45) is 9.98 Å². The molecule has 0 radical (unpaired) electrons. The van der Waals surface area contributed by atoms with Crippen LogP contribution in [0.25, 0.3) is 44.2 Å². The highest BCUT2D eigenvalue weighted by atomic mass is 16.5. The lowest BCUT2D eigenvalue weighted by Gasteiger charge is -2.24. The van der Waals surface area contributed by atoms with E-state index in [0.29, 0.717) is 5.84 Å². The van der Waals surface area contributed by atoms with Crippen molar-refractivity contribution in [1.29, 1.82) is 0 Å². The van der Waals surface area contributed by atoms with E-state index in [2.05, 4.69) is 181 Å². The molecule has 7 aromatic carbocycles. The first kappa shape index (κ1) is 32.0. The van der Waals surface area contributed by atoms with E-state index in [1.54, 1.807) is 0 Å². The van der Waals surface area contributed by atoms with Crippen LogP contribution in [0.1, 0.15) is 39.8 Å². The third kappa shape index (κ3) is 5.16. The molecular formula is C52H35N3O2. The summed E-state index contributed by atoms with van der Waals surface area (Å²) in [5.74, 6) is 2.53. The number of allylic oxidation sites excluding steroid dienone is 2. The number of rotatable bonds is 5. The smallest absolute Gasteiger partial charge is 0.168 e. The van der Waals surface area contributed by atoms with Gasteiger partial charge in [0.25, 0.3) is 0 Å². The van der Waals surface area contributed by atoms with Gasteiger partial charge in [-0.3, -0.25) is 4.99 Å². The van der Waals surface area contributed by atoms with E-state index in [0.717, 1.165) is 50.7 Å². The second-order valence-corrected chi connectivity index (χ2v) is 15.2. The quantitative estimate of drug-likeness (QED) is 0.177. The van der Waals surface area contributed by atoms with E-state index in [1.165, 1.54) is 38.5 Å². The number of fused-ring (bicyclic) bond motifs is 9. The minimum absolute atomic E-state index is 0.0554. The van der Waals surface area contributed by atoms with Gasteiger partial charge in [-0.25, -0.2) is 4.99 Å². The van der Waals surface area contributed by atoms with E-state index >= 15 is 0 Å². The van der Waals surface area contributed by atoms with Crippen molar-refractivity contribution in [3.8, 4) is 28.3 Å². The molecule has 0 spiro atoms. The lowest BCUT2D eigenvalue weighted by atomic mass is 9.86. The van der Waals surface area contributed by atoms with Gasteiger partial charge in [0.15, 0.2) is 11.9 Å². The Morgan fingerprint density at radius 1 is 0.509 bits per heavy atom.